The number of hydrogen-bond acceptors (Lipinski definition) is 3. The Morgan fingerprint density at radius 3 is 2.50 bits per heavy atom. The first kappa shape index (κ1) is 17.7. The molecular weight excluding hydrogens is 350 g/mol. The van der Waals surface area contributed by atoms with Gasteiger partial charge in [0, 0.05) is 37.1 Å². The molecule has 4 rings (SSSR count). The van der Waals surface area contributed by atoms with Crippen LogP contribution in [0.25, 0.3) is 5.69 Å². The lowest BCUT2D eigenvalue weighted by Gasteiger charge is -2.06. The van der Waals surface area contributed by atoms with E-state index >= 15 is 0 Å². The molecule has 28 heavy (non-hydrogen) atoms. The number of rotatable bonds is 7. The Morgan fingerprint density at radius 1 is 0.929 bits per heavy atom. The molecule has 2 aromatic heterocycles. The minimum absolute atomic E-state index is 0.0758. The van der Waals surface area contributed by atoms with Gasteiger partial charge in [0.1, 0.15) is 0 Å². The van der Waals surface area contributed by atoms with Crippen molar-refractivity contribution < 1.29 is 4.79 Å². The van der Waals surface area contributed by atoms with Crippen molar-refractivity contribution in [3.8, 4) is 5.69 Å². The maximum absolute atomic E-state index is 12.3. The summed E-state index contributed by atoms with van der Waals surface area (Å²) < 4.78 is 3.69. The van der Waals surface area contributed by atoms with E-state index in [2.05, 4.69) is 15.5 Å². The predicted molar refractivity (Wildman–Crippen MR) is 107 cm³/mol. The fourth-order valence-electron chi connectivity index (χ4n) is 2.97. The minimum Gasteiger partial charge on any atom is -0.352 e. The van der Waals surface area contributed by atoms with Crippen molar-refractivity contribution in [3.05, 3.63) is 102 Å². The Kier molecular flexibility index (Phi) is 5.29. The van der Waals surface area contributed by atoms with Crippen molar-refractivity contribution in [2.75, 3.05) is 6.54 Å². The molecule has 0 aliphatic carbocycles. The van der Waals surface area contributed by atoms with Gasteiger partial charge in [0.05, 0.1) is 17.9 Å². The van der Waals surface area contributed by atoms with Gasteiger partial charge < -0.3 is 5.32 Å². The zero-order valence-electron chi connectivity index (χ0n) is 15.4. The fraction of sp³-hybridized carbons (Fsp3) is 0.136. The van der Waals surface area contributed by atoms with Crippen molar-refractivity contribution >= 4 is 5.91 Å². The highest BCUT2D eigenvalue weighted by Gasteiger charge is 2.06. The van der Waals surface area contributed by atoms with Crippen LogP contribution in [0.3, 0.4) is 0 Å². The lowest BCUT2D eigenvalue weighted by molar-refractivity contribution is 0.0954. The van der Waals surface area contributed by atoms with Gasteiger partial charge in [-0.25, -0.2) is 4.68 Å². The number of carbonyl (C=O) groups is 1. The van der Waals surface area contributed by atoms with Gasteiger partial charge in [0.15, 0.2) is 0 Å². The molecule has 0 atom stereocenters. The number of para-hydroxylation sites is 1. The molecule has 6 nitrogen and oxygen atoms in total. The molecule has 0 fully saturated rings. The number of aromatic nitrogens is 4. The molecule has 1 amide bonds. The summed E-state index contributed by atoms with van der Waals surface area (Å²) in [6, 6.07) is 21.4. The number of hydrogen-bond donors (Lipinski definition) is 1. The van der Waals surface area contributed by atoms with Gasteiger partial charge in [-0.05, 0) is 42.0 Å². The van der Waals surface area contributed by atoms with Gasteiger partial charge in [-0.1, -0.05) is 30.3 Å². The van der Waals surface area contributed by atoms with Crippen LogP contribution in [0.15, 0.2) is 85.3 Å². The highest BCUT2D eigenvalue weighted by molar-refractivity contribution is 5.94. The first-order valence-corrected chi connectivity index (χ1v) is 9.22. The second-order valence-electron chi connectivity index (χ2n) is 6.49. The van der Waals surface area contributed by atoms with Gasteiger partial charge in [0.2, 0.25) is 0 Å². The summed E-state index contributed by atoms with van der Waals surface area (Å²) in [5.74, 6) is -0.0758. The lowest BCUT2D eigenvalue weighted by Crippen LogP contribution is -2.25. The van der Waals surface area contributed by atoms with Gasteiger partial charge in [-0.3, -0.25) is 9.48 Å². The predicted octanol–water partition coefficient (Wildman–Crippen LogP) is 3.09. The monoisotopic (exact) mass is 371 g/mol. The molecule has 0 unspecified atom stereocenters. The first-order valence-electron chi connectivity index (χ1n) is 9.22. The zero-order valence-corrected chi connectivity index (χ0v) is 15.4. The Hall–Kier alpha value is -3.67. The summed E-state index contributed by atoms with van der Waals surface area (Å²) >= 11 is 0. The third kappa shape index (κ3) is 4.35. The van der Waals surface area contributed by atoms with Crippen LogP contribution >= 0.6 is 0 Å². The van der Waals surface area contributed by atoms with Crippen molar-refractivity contribution in [1.29, 1.82) is 0 Å². The number of nitrogens with zero attached hydrogens (tertiary/aromatic N) is 4. The number of nitrogens with one attached hydrogen (secondary N) is 1. The van der Waals surface area contributed by atoms with Crippen molar-refractivity contribution in [3.63, 3.8) is 0 Å². The van der Waals surface area contributed by atoms with Gasteiger partial charge in [-0.2, -0.15) is 10.2 Å². The molecule has 0 radical (unpaired) electrons. The molecule has 4 aromatic rings. The normalized spacial score (nSPS) is 10.7. The maximum Gasteiger partial charge on any atom is 0.251 e. The summed E-state index contributed by atoms with van der Waals surface area (Å²) in [4.78, 5) is 12.3. The van der Waals surface area contributed by atoms with Crippen LogP contribution in [0.5, 0.6) is 0 Å². The van der Waals surface area contributed by atoms with E-state index in [9.17, 15) is 4.79 Å². The summed E-state index contributed by atoms with van der Waals surface area (Å²) in [6.45, 7) is 1.23. The second-order valence-corrected chi connectivity index (χ2v) is 6.49. The Balaban J connectivity index is 1.28. The minimum atomic E-state index is -0.0758. The number of amides is 1. The first-order chi connectivity index (χ1) is 13.8. The third-order valence-corrected chi connectivity index (χ3v) is 4.45. The standard InChI is InChI=1S/C22H21N5O/c28-22(19-9-7-18(8-10-19)17-26-15-4-13-24-26)23-14-11-20-12-16-27(25-20)21-5-2-1-3-6-21/h1-10,12-13,15-16H,11,14,17H2,(H,23,28). The van der Waals surface area contributed by atoms with Crippen LogP contribution in [-0.4, -0.2) is 32.0 Å². The van der Waals surface area contributed by atoms with Gasteiger partial charge in [0.25, 0.3) is 5.91 Å². The van der Waals surface area contributed by atoms with Crippen molar-refractivity contribution in [2.24, 2.45) is 0 Å². The van der Waals surface area contributed by atoms with E-state index in [0.717, 1.165) is 16.9 Å². The molecule has 0 saturated carbocycles. The molecule has 1 N–H and O–H groups in total. The van der Waals surface area contributed by atoms with E-state index < -0.39 is 0 Å². The van der Waals surface area contributed by atoms with E-state index in [-0.39, 0.29) is 5.91 Å². The quantitative estimate of drug-likeness (QED) is 0.543. The summed E-state index contributed by atoms with van der Waals surface area (Å²) in [7, 11) is 0. The number of carbonyl (C=O) groups excluding carboxylic acids is 1. The van der Waals surface area contributed by atoms with E-state index in [4.69, 9.17) is 0 Å². The van der Waals surface area contributed by atoms with Crippen LogP contribution in [0, 0.1) is 0 Å². The molecule has 6 heteroatoms. The average molecular weight is 371 g/mol. The molecule has 0 spiro atoms. The SMILES string of the molecule is O=C(NCCc1ccn(-c2ccccc2)n1)c1ccc(Cn2cccn2)cc1. The number of benzene rings is 2. The molecule has 0 saturated heterocycles. The molecule has 2 heterocycles. The average Bonchev–Trinajstić information content (AvgIpc) is 3.41. The van der Waals surface area contributed by atoms with Crippen molar-refractivity contribution in [1.82, 2.24) is 24.9 Å². The highest BCUT2D eigenvalue weighted by Crippen LogP contribution is 2.08. The molecule has 2 aromatic carbocycles. The van der Waals surface area contributed by atoms with Crippen LogP contribution in [0.1, 0.15) is 21.6 Å². The highest BCUT2D eigenvalue weighted by atomic mass is 16.1. The smallest absolute Gasteiger partial charge is 0.251 e. The van der Waals surface area contributed by atoms with E-state index in [1.807, 2.05) is 88.5 Å². The largest absolute Gasteiger partial charge is 0.352 e. The van der Waals surface area contributed by atoms with Crippen LogP contribution in [0.2, 0.25) is 0 Å². The molecule has 0 aliphatic heterocycles. The van der Waals surface area contributed by atoms with Crippen LogP contribution < -0.4 is 5.32 Å². The molecular formula is C22H21N5O. The summed E-state index contributed by atoms with van der Waals surface area (Å²) in [5.41, 5.74) is 3.72. The van der Waals surface area contributed by atoms with E-state index in [1.165, 1.54) is 0 Å². The molecule has 140 valence electrons. The fourth-order valence-corrected chi connectivity index (χ4v) is 2.97. The Labute approximate surface area is 163 Å². The zero-order chi connectivity index (χ0) is 19.2. The van der Waals surface area contributed by atoms with Crippen LogP contribution in [-0.2, 0) is 13.0 Å². The Morgan fingerprint density at radius 2 is 1.75 bits per heavy atom. The van der Waals surface area contributed by atoms with Crippen LogP contribution in [0.4, 0.5) is 0 Å². The lowest BCUT2D eigenvalue weighted by atomic mass is 10.1. The summed E-state index contributed by atoms with van der Waals surface area (Å²) in [6.07, 6.45) is 6.29. The van der Waals surface area contributed by atoms with E-state index in [0.29, 0.717) is 25.1 Å². The van der Waals surface area contributed by atoms with Crippen molar-refractivity contribution in [2.45, 2.75) is 13.0 Å². The molecule has 0 bridgehead atoms. The molecule has 0 aliphatic rings. The summed E-state index contributed by atoms with van der Waals surface area (Å²) in [5, 5.41) is 11.7. The second kappa shape index (κ2) is 8.35. The van der Waals surface area contributed by atoms with Gasteiger partial charge in [-0.15, -0.1) is 0 Å². The third-order valence-electron chi connectivity index (χ3n) is 4.45. The van der Waals surface area contributed by atoms with E-state index in [1.54, 1.807) is 6.20 Å². The topological polar surface area (TPSA) is 64.7 Å². The van der Waals surface area contributed by atoms with Gasteiger partial charge >= 0.3 is 0 Å². The maximum atomic E-state index is 12.3. The Bertz CT molecular complexity index is 1020.